The lowest BCUT2D eigenvalue weighted by atomic mass is 10.4. The summed E-state index contributed by atoms with van der Waals surface area (Å²) in [5.74, 6) is 0. The zero-order valence-electron chi connectivity index (χ0n) is 8.08. The molecule has 14 heavy (non-hydrogen) atoms. The van der Waals surface area contributed by atoms with E-state index in [4.69, 9.17) is 0 Å². The quantitative estimate of drug-likeness (QED) is 0.553. The molecular formula is C9H12N2O2S. The Balaban J connectivity index is 3.09. The Morgan fingerprint density at radius 3 is 2.36 bits per heavy atom. The van der Waals surface area contributed by atoms with Crippen LogP contribution in [0.25, 0.3) is 0 Å². The van der Waals surface area contributed by atoms with Crippen LogP contribution < -0.4 is 0 Å². The number of rotatable bonds is 3. The summed E-state index contributed by atoms with van der Waals surface area (Å²) in [6.45, 7) is 0. The van der Waals surface area contributed by atoms with Gasteiger partial charge in [0.2, 0.25) is 0 Å². The van der Waals surface area contributed by atoms with Crippen LogP contribution in [0, 0.1) is 0 Å². The normalized spacial score (nSPS) is 11.9. The first-order chi connectivity index (χ1) is 6.59. The predicted octanol–water partition coefficient (Wildman–Crippen LogP) is 0.965. The fraction of sp³-hybridized carbons (Fsp3) is 0.222. The molecular weight excluding hydrogens is 200 g/mol. The second-order valence-electron chi connectivity index (χ2n) is 2.71. The summed E-state index contributed by atoms with van der Waals surface area (Å²) >= 11 is 0. The average Bonchev–Trinajstić information content (AvgIpc) is 2.19. The van der Waals surface area contributed by atoms with E-state index in [0.717, 1.165) is 4.31 Å². The number of hydrogen-bond acceptors (Lipinski definition) is 3. The van der Waals surface area contributed by atoms with Gasteiger partial charge < -0.3 is 0 Å². The molecule has 0 unspecified atom stereocenters. The molecule has 0 aliphatic rings. The lowest BCUT2D eigenvalue weighted by Crippen LogP contribution is -2.25. The predicted molar refractivity (Wildman–Crippen MR) is 55.8 cm³/mol. The minimum Gasteiger partial charge on any atom is -0.278 e. The molecule has 0 saturated heterocycles. The minimum absolute atomic E-state index is 0.266. The molecule has 0 heterocycles. The van der Waals surface area contributed by atoms with E-state index in [-0.39, 0.29) is 4.90 Å². The molecule has 0 radical (unpaired) electrons. The van der Waals surface area contributed by atoms with Crippen LogP contribution in [0.2, 0.25) is 0 Å². The van der Waals surface area contributed by atoms with Gasteiger partial charge in [-0.25, -0.2) is 8.42 Å². The van der Waals surface area contributed by atoms with Crippen LogP contribution in [0.1, 0.15) is 0 Å². The molecule has 1 aromatic rings. The molecule has 0 aromatic heterocycles. The standard InChI is InChI=1S/C9H12N2O2S/c1-10-8-11(2)14(12,13)9-6-4-3-5-7-9/h3-8H,1-2H3/b10-8+. The van der Waals surface area contributed by atoms with Gasteiger partial charge in [0.05, 0.1) is 11.2 Å². The summed E-state index contributed by atoms with van der Waals surface area (Å²) in [6.07, 6.45) is 1.27. The van der Waals surface area contributed by atoms with Crippen molar-refractivity contribution in [3.05, 3.63) is 30.3 Å². The Kier molecular flexibility index (Phi) is 3.24. The smallest absolute Gasteiger partial charge is 0.264 e. The Bertz CT molecular complexity index is 412. The molecule has 0 saturated carbocycles. The van der Waals surface area contributed by atoms with Gasteiger partial charge in [-0.2, -0.15) is 0 Å². The third-order valence-corrected chi connectivity index (χ3v) is 3.42. The summed E-state index contributed by atoms with van der Waals surface area (Å²) in [4.78, 5) is 3.92. The molecule has 1 rings (SSSR count). The fourth-order valence-corrected chi connectivity index (χ4v) is 2.04. The zero-order valence-corrected chi connectivity index (χ0v) is 8.90. The van der Waals surface area contributed by atoms with Crippen molar-refractivity contribution in [2.45, 2.75) is 4.90 Å². The maximum atomic E-state index is 11.8. The molecule has 5 heteroatoms. The molecule has 0 spiro atoms. The van der Waals surface area contributed by atoms with Crippen LogP contribution in [0.15, 0.2) is 40.2 Å². The maximum Gasteiger partial charge on any atom is 0.264 e. The first kappa shape index (κ1) is 10.7. The van der Waals surface area contributed by atoms with Crippen molar-refractivity contribution in [1.82, 2.24) is 4.31 Å². The third kappa shape index (κ3) is 2.11. The molecule has 0 atom stereocenters. The second-order valence-corrected chi connectivity index (χ2v) is 4.71. The van der Waals surface area contributed by atoms with E-state index in [1.54, 1.807) is 30.3 Å². The van der Waals surface area contributed by atoms with Crippen LogP contribution in [0.3, 0.4) is 0 Å². The van der Waals surface area contributed by atoms with Crippen molar-refractivity contribution in [3.63, 3.8) is 0 Å². The summed E-state index contributed by atoms with van der Waals surface area (Å²) in [5.41, 5.74) is 0. The monoisotopic (exact) mass is 212 g/mol. The highest BCUT2D eigenvalue weighted by molar-refractivity contribution is 7.89. The summed E-state index contributed by atoms with van der Waals surface area (Å²) in [5, 5.41) is 0. The van der Waals surface area contributed by atoms with Crippen LogP contribution in [-0.4, -0.2) is 33.2 Å². The number of nitrogens with zero attached hydrogens (tertiary/aromatic N) is 2. The number of hydrogen-bond donors (Lipinski definition) is 0. The highest BCUT2D eigenvalue weighted by Crippen LogP contribution is 2.11. The van der Waals surface area contributed by atoms with E-state index >= 15 is 0 Å². The highest BCUT2D eigenvalue weighted by atomic mass is 32.2. The number of benzene rings is 1. The van der Waals surface area contributed by atoms with Gasteiger partial charge in [-0.3, -0.25) is 9.30 Å². The van der Waals surface area contributed by atoms with Gasteiger partial charge in [-0.15, -0.1) is 0 Å². The fourth-order valence-electron chi connectivity index (χ4n) is 0.983. The molecule has 0 N–H and O–H groups in total. The summed E-state index contributed by atoms with van der Waals surface area (Å²) in [7, 11) is -0.439. The van der Waals surface area contributed by atoms with Crippen molar-refractivity contribution in [1.29, 1.82) is 0 Å². The summed E-state index contributed by atoms with van der Waals surface area (Å²) < 4.78 is 24.6. The molecule has 1 aromatic carbocycles. The van der Waals surface area contributed by atoms with Crippen molar-refractivity contribution in [2.24, 2.45) is 4.99 Å². The molecule has 0 aliphatic carbocycles. The Morgan fingerprint density at radius 2 is 1.86 bits per heavy atom. The van der Waals surface area contributed by atoms with Crippen LogP contribution >= 0.6 is 0 Å². The first-order valence-electron chi connectivity index (χ1n) is 4.04. The van der Waals surface area contributed by atoms with Crippen molar-refractivity contribution >= 4 is 16.4 Å². The number of sulfonamides is 1. The lowest BCUT2D eigenvalue weighted by molar-refractivity contribution is 0.555. The van der Waals surface area contributed by atoms with E-state index in [1.807, 2.05) is 0 Å². The highest BCUT2D eigenvalue weighted by Gasteiger charge is 2.16. The van der Waals surface area contributed by atoms with Crippen LogP contribution in [0.5, 0.6) is 0 Å². The Hall–Kier alpha value is -1.36. The average molecular weight is 212 g/mol. The summed E-state index contributed by atoms with van der Waals surface area (Å²) in [6, 6.07) is 8.24. The Labute approximate surface area is 83.9 Å². The first-order valence-corrected chi connectivity index (χ1v) is 5.48. The van der Waals surface area contributed by atoms with Gasteiger partial charge in [0.15, 0.2) is 0 Å². The van der Waals surface area contributed by atoms with Crippen molar-refractivity contribution in [2.75, 3.05) is 14.1 Å². The largest absolute Gasteiger partial charge is 0.278 e. The van der Waals surface area contributed by atoms with Gasteiger partial charge in [0.25, 0.3) is 10.0 Å². The van der Waals surface area contributed by atoms with Gasteiger partial charge in [0.1, 0.15) is 0 Å². The van der Waals surface area contributed by atoms with E-state index in [2.05, 4.69) is 4.99 Å². The molecule has 0 bridgehead atoms. The molecule has 0 amide bonds. The molecule has 0 aliphatic heterocycles. The van der Waals surface area contributed by atoms with Crippen LogP contribution in [0.4, 0.5) is 0 Å². The minimum atomic E-state index is -3.42. The topological polar surface area (TPSA) is 49.7 Å². The molecule has 0 fully saturated rings. The maximum absolute atomic E-state index is 11.8. The van der Waals surface area contributed by atoms with Crippen molar-refractivity contribution in [3.8, 4) is 0 Å². The van der Waals surface area contributed by atoms with Crippen molar-refractivity contribution < 1.29 is 8.42 Å². The Morgan fingerprint density at radius 1 is 1.29 bits per heavy atom. The van der Waals surface area contributed by atoms with E-state index in [9.17, 15) is 8.42 Å². The molecule has 4 nitrogen and oxygen atoms in total. The van der Waals surface area contributed by atoms with Gasteiger partial charge >= 0.3 is 0 Å². The van der Waals surface area contributed by atoms with Gasteiger partial charge in [-0.1, -0.05) is 18.2 Å². The van der Waals surface area contributed by atoms with Crippen LogP contribution in [-0.2, 0) is 10.0 Å². The SMILES string of the molecule is C/N=C/N(C)S(=O)(=O)c1ccccc1. The zero-order chi connectivity index (χ0) is 10.6. The lowest BCUT2D eigenvalue weighted by Gasteiger charge is -2.13. The second kappa shape index (κ2) is 4.23. The van der Waals surface area contributed by atoms with Gasteiger partial charge in [0, 0.05) is 14.1 Å². The van der Waals surface area contributed by atoms with E-state index in [1.165, 1.54) is 20.4 Å². The number of aliphatic imine (C=N–C) groups is 1. The van der Waals surface area contributed by atoms with E-state index < -0.39 is 10.0 Å². The van der Waals surface area contributed by atoms with E-state index in [0.29, 0.717) is 0 Å². The molecule has 76 valence electrons. The van der Waals surface area contributed by atoms with Gasteiger partial charge in [-0.05, 0) is 12.1 Å². The third-order valence-electron chi connectivity index (χ3n) is 1.70.